The van der Waals surface area contributed by atoms with Gasteiger partial charge in [-0.2, -0.15) is 4.31 Å². The van der Waals surface area contributed by atoms with Crippen molar-refractivity contribution in [2.24, 2.45) is 0 Å². The molecule has 0 amide bonds. The predicted molar refractivity (Wildman–Crippen MR) is 46.2 cm³/mol. The van der Waals surface area contributed by atoms with Gasteiger partial charge in [0.15, 0.2) is 0 Å². The zero-order chi connectivity index (χ0) is 9.19. The zero-order valence-corrected chi connectivity index (χ0v) is 8.30. The standard InChI is InChI=1S/C7H15NO3S/c1-3-6-12(9,10)8-4-5-11-7(8)2/h7H,3-6H2,1-2H3. The molecule has 1 heterocycles. The second-order valence-corrected chi connectivity index (χ2v) is 4.94. The SMILES string of the molecule is CCCS(=O)(=O)N1CCOC1C. The largest absolute Gasteiger partial charge is 0.361 e. The Labute approximate surface area is 73.6 Å². The van der Waals surface area contributed by atoms with E-state index in [2.05, 4.69) is 0 Å². The van der Waals surface area contributed by atoms with Gasteiger partial charge < -0.3 is 4.74 Å². The Bertz CT molecular complexity index is 237. The lowest BCUT2D eigenvalue weighted by atomic mass is 10.6. The van der Waals surface area contributed by atoms with Crippen molar-refractivity contribution in [2.75, 3.05) is 18.9 Å². The van der Waals surface area contributed by atoms with Crippen LogP contribution in [-0.2, 0) is 14.8 Å². The fourth-order valence-electron chi connectivity index (χ4n) is 1.32. The van der Waals surface area contributed by atoms with E-state index in [9.17, 15) is 8.42 Å². The van der Waals surface area contributed by atoms with Gasteiger partial charge in [0.05, 0.1) is 12.4 Å². The van der Waals surface area contributed by atoms with E-state index in [1.807, 2.05) is 6.92 Å². The molecule has 1 rings (SSSR count). The average molecular weight is 193 g/mol. The van der Waals surface area contributed by atoms with Crippen molar-refractivity contribution >= 4 is 10.0 Å². The summed E-state index contributed by atoms with van der Waals surface area (Å²) in [6.45, 7) is 4.65. The lowest BCUT2D eigenvalue weighted by molar-refractivity contribution is 0.0847. The molecule has 5 heteroatoms. The van der Waals surface area contributed by atoms with Crippen molar-refractivity contribution in [1.29, 1.82) is 0 Å². The Kier molecular flexibility index (Phi) is 3.09. The van der Waals surface area contributed by atoms with Gasteiger partial charge in [0.2, 0.25) is 10.0 Å². The summed E-state index contributed by atoms with van der Waals surface area (Å²) in [6, 6.07) is 0. The molecule has 12 heavy (non-hydrogen) atoms. The molecule has 0 aromatic rings. The summed E-state index contributed by atoms with van der Waals surface area (Å²) in [7, 11) is -3.05. The number of hydrogen-bond acceptors (Lipinski definition) is 3. The minimum absolute atomic E-state index is 0.223. The first kappa shape index (κ1) is 9.95. The maximum absolute atomic E-state index is 11.5. The Balaban J connectivity index is 2.68. The maximum atomic E-state index is 11.5. The minimum atomic E-state index is -3.05. The fraction of sp³-hybridized carbons (Fsp3) is 1.00. The van der Waals surface area contributed by atoms with Crippen LogP contribution in [-0.4, -0.2) is 37.9 Å². The Morgan fingerprint density at radius 1 is 1.58 bits per heavy atom. The highest BCUT2D eigenvalue weighted by Crippen LogP contribution is 2.14. The molecular formula is C7H15NO3S. The van der Waals surface area contributed by atoms with E-state index in [4.69, 9.17) is 4.74 Å². The Hall–Kier alpha value is -0.130. The van der Waals surface area contributed by atoms with Crippen LogP contribution in [0.2, 0.25) is 0 Å². The van der Waals surface area contributed by atoms with Crippen LogP contribution < -0.4 is 0 Å². The topological polar surface area (TPSA) is 46.6 Å². The van der Waals surface area contributed by atoms with Crippen LogP contribution in [0.25, 0.3) is 0 Å². The third-order valence-electron chi connectivity index (χ3n) is 1.90. The average Bonchev–Trinajstić information content (AvgIpc) is 2.35. The Morgan fingerprint density at radius 2 is 2.25 bits per heavy atom. The summed E-state index contributed by atoms with van der Waals surface area (Å²) >= 11 is 0. The van der Waals surface area contributed by atoms with Gasteiger partial charge in [-0.3, -0.25) is 0 Å². The van der Waals surface area contributed by atoms with Crippen LogP contribution in [0.4, 0.5) is 0 Å². The third kappa shape index (κ3) is 1.97. The lowest BCUT2D eigenvalue weighted by Crippen LogP contribution is -2.35. The van der Waals surface area contributed by atoms with Gasteiger partial charge in [-0.25, -0.2) is 8.42 Å². The molecule has 0 bridgehead atoms. The normalized spacial score (nSPS) is 26.3. The summed E-state index contributed by atoms with van der Waals surface area (Å²) in [5.41, 5.74) is 0. The molecule has 4 nitrogen and oxygen atoms in total. The van der Waals surface area contributed by atoms with E-state index in [0.717, 1.165) is 0 Å². The molecule has 0 aromatic carbocycles. The molecule has 72 valence electrons. The van der Waals surface area contributed by atoms with Crippen molar-refractivity contribution in [2.45, 2.75) is 26.5 Å². The van der Waals surface area contributed by atoms with Crippen molar-refractivity contribution in [1.82, 2.24) is 4.31 Å². The number of hydrogen-bond donors (Lipinski definition) is 0. The molecule has 0 aromatic heterocycles. The summed E-state index contributed by atoms with van der Waals surface area (Å²) < 4.78 is 29.6. The predicted octanol–water partition coefficient (Wildman–Crippen LogP) is 0.404. The highest BCUT2D eigenvalue weighted by Gasteiger charge is 2.30. The molecule has 1 aliphatic heterocycles. The molecule has 1 aliphatic rings. The number of nitrogens with zero attached hydrogens (tertiary/aromatic N) is 1. The third-order valence-corrected chi connectivity index (χ3v) is 4.01. The zero-order valence-electron chi connectivity index (χ0n) is 7.49. The molecule has 1 saturated heterocycles. The van der Waals surface area contributed by atoms with Crippen molar-refractivity contribution in [3.8, 4) is 0 Å². The maximum Gasteiger partial charge on any atom is 0.216 e. The first-order valence-corrected chi connectivity index (χ1v) is 5.80. The van der Waals surface area contributed by atoms with Crippen LogP contribution >= 0.6 is 0 Å². The first-order chi connectivity index (χ1) is 5.58. The molecule has 0 aliphatic carbocycles. The van der Waals surface area contributed by atoms with Crippen molar-refractivity contribution < 1.29 is 13.2 Å². The minimum Gasteiger partial charge on any atom is -0.361 e. The van der Waals surface area contributed by atoms with Gasteiger partial charge in [-0.05, 0) is 13.3 Å². The van der Waals surface area contributed by atoms with Gasteiger partial charge in [0, 0.05) is 6.54 Å². The second kappa shape index (κ2) is 3.72. The molecule has 0 radical (unpaired) electrons. The summed E-state index contributed by atoms with van der Waals surface area (Å²) in [4.78, 5) is 0. The smallest absolute Gasteiger partial charge is 0.216 e. The Morgan fingerprint density at radius 3 is 2.67 bits per heavy atom. The second-order valence-electron chi connectivity index (χ2n) is 2.90. The van der Waals surface area contributed by atoms with Crippen LogP contribution in [0.3, 0.4) is 0 Å². The van der Waals surface area contributed by atoms with Crippen LogP contribution in [0.5, 0.6) is 0 Å². The lowest BCUT2D eigenvalue weighted by Gasteiger charge is -2.18. The fourth-order valence-corrected chi connectivity index (χ4v) is 2.93. The van der Waals surface area contributed by atoms with Gasteiger partial charge in [0.25, 0.3) is 0 Å². The first-order valence-electron chi connectivity index (χ1n) is 4.19. The molecule has 1 unspecified atom stereocenters. The summed E-state index contributed by atoms with van der Waals surface area (Å²) in [5, 5.41) is 0. The van der Waals surface area contributed by atoms with Crippen molar-refractivity contribution in [3.63, 3.8) is 0 Å². The molecule has 0 saturated carbocycles. The van der Waals surface area contributed by atoms with Crippen LogP contribution in [0.15, 0.2) is 0 Å². The summed E-state index contributed by atoms with van der Waals surface area (Å²) in [5.74, 6) is 0.223. The highest BCUT2D eigenvalue weighted by molar-refractivity contribution is 7.89. The number of sulfonamides is 1. The van der Waals surface area contributed by atoms with E-state index in [1.165, 1.54) is 4.31 Å². The quantitative estimate of drug-likeness (QED) is 0.652. The van der Waals surface area contributed by atoms with E-state index < -0.39 is 10.0 Å². The highest BCUT2D eigenvalue weighted by atomic mass is 32.2. The molecule has 0 N–H and O–H groups in total. The van der Waals surface area contributed by atoms with E-state index in [1.54, 1.807) is 6.92 Å². The van der Waals surface area contributed by atoms with Gasteiger partial charge in [0.1, 0.15) is 6.23 Å². The van der Waals surface area contributed by atoms with E-state index >= 15 is 0 Å². The van der Waals surface area contributed by atoms with Gasteiger partial charge >= 0.3 is 0 Å². The van der Waals surface area contributed by atoms with E-state index in [0.29, 0.717) is 19.6 Å². The van der Waals surface area contributed by atoms with Gasteiger partial charge in [-0.15, -0.1) is 0 Å². The molecular weight excluding hydrogens is 178 g/mol. The molecule has 1 fully saturated rings. The van der Waals surface area contributed by atoms with Crippen LogP contribution in [0.1, 0.15) is 20.3 Å². The van der Waals surface area contributed by atoms with Gasteiger partial charge in [-0.1, -0.05) is 6.92 Å². The van der Waals surface area contributed by atoms with E-state index in [-0.39, 0.29) is 12.0 Å². The monoisotopic (exact) mass is 193 g/mol. The number of rotatable bonds is 3. The molecule has 0 spiro atoms. The summed E-state index contributed by atoms with van der Waals surface area (Å²) in [6.07, 6.45) is 0.382. The van der Waals surface area contributed by atoms with Crippen LogP contribution in [0, 0.1) is 0 Å². The van der Waals surface area contributed by atoms with Crippen molar-refractivity contribution in [3.05, 3.63) is 0 Å². The number of ether oxygens (including phenoxy) is 1. The molecule has 1 atom stereocenters.